The summed E-state index contributed by atoms with van der Waals surface area (Å²) in [5.41, 5.74) is 1.37. The number of ether oxygens (including phenoxy) is 1. The molecule has 1 aliphatic heterocycles. The van der Waals surface area contributed by atoms with Crippen molar-refractivity contribution in [3.8, 4) is 17.6 Å². The van der Waals surface area contributed by atoms with E-state index in [0.29, 0.717) is 37.1 Å². The van der Waals surface area contributed by atoms with E-state index in [2.05, 4.69) is 21.7 Å². The maximum atomic E-state index is 15.5. The zero-order valence-electron chi connectivity index (χ0n) is 20.3. The number of aromatic nitrogens is 1. The van der Waals surface area contributed by atoms with E-state index in [0.717, 1.165) is 39.6 Å². The molecular weight excluding hydrogens is 499 g/mol. The molecule has 1 aromatic carbocycles. The molecule has 0 spiro atoms. The number of nitrogens with zero attached hydrogens (tertiary/aromatic N) is 2. The number of alkyl halides is 1. The van der Waals surface area contributed by atoms with Crippen LogP contribution in [0.15, 0.2) is 42.6 Å². The van der Waals surface area contributed by atoms with E-state index in [1.165, 1.54) is 11.3 Å². The molecule has 2 aromatic heterocycles. The van der Waals surface area contributed by atoms with Crippen LogP contribution in [0, 0.1) is 23.7 Å². The molecule has 5 nitrogen and oxygen atoms in total. The van der Waals surface area contributed by atoms with E-state index >= 15 is 4.39 Å². The fraction of sp³-hybridized carbons (Fsp3) is 0.429. The third-order valence-electron chi connectivity index (χ3n) is 6.90. The number of pyridine rings is 1. The summed E-state index contributed by atoms with van der Waals surface area (Å²) in [4.78, 5) is 18.8. The number of rotatable bonds is 9. The zero-order valence-corrected chi connectivity index (χ0v) is 21.8. The van der Waals surface area contributed by atoms with Crippen molar-refractivity contribution in [2.24, 2.45) is 11.8 Å². The quantitative estimate of drug-likeness (QED) is 0.317. The van der Waals surface area contributed by atoms with Gasteiger partial charge in [-0.2, -0.15) is 0 Å². The van der Waals surface area contributed by atoms with Crippen LogP contribution in [-0.4, -0.2) is 47.7 Å². The van der Waals surface area contributed by atoms with E-state index in [1.54, 1.807) is 19.4 Å². The number of halogens is 2. The van der Waals surface area contributed by atoms with Gasteiger partial charge in [-0.15, -0.1) is 11.3 Å². The van der Waals surface area contributed by atoms with Crippen LogP contribution in [0.25, 0.3) is 10.9 Å². The lowest BCUT2D eigenvalue weighted by Gasteiger charge is -2.38. The Morgan fingerprint density at radius 3 is 2.92 bits per heavy atom. The predicted molar refractivity (Wildman–Crippen MR) is 142 cm³/mol. The summed E-state index contributed by atoms with van der Waals surface area (Å²) in [5, 5.41) is 10.0. The molecule has 3 aromatic rings. The van der Waals surface area contributed by atoms with Gasteiger partial charge in [0.1, 0.15) is 11.9 Å². The average Bonchev–Trinajstić information content (AvgIpc) is 3.30. The van der Waals surface area contributed by atoms with Gasteiger partial charge in [-0.05, 0) is 86.0 Å². The van der Waals surface area contributed by atoms with Crippen LogP contribution >= 0.6 is 22.9 Å². The summed E-state index contributed by atoms with van der Waals surface area (Å²) in [6.45, 7) is 2.28. The molecule has 4 rings (SSSR count). The van der Waals surface area contributed by atoms with Crippen molar-refractivity contribution >= 4 is 39.8 Å². The van der Waals surface area contributed by atoms with Gasteiger partial charge in [-0.25, -0.2) is 4.39 Å². The molecule has 190 valence electrons. The number of hydrogen-bond acceptors (Lipinski definition) is 5. The molecule has 8 heteroatoms. The van der Waals surface area contributed by atoms with Crippen LogP contribution in [-0.2, 0) is 4.79 Å². The first-order valence-corrected chi connectivity index (χ1v) is 13.4. The minimum atomic E-state index is -1.12. The Balaban J connectivity index is 1.39. The van der Waals surface area contributed by atoms with Crippen molar-refractivity contribution in [2.75, 3.05) is 26.7 Å². The first-order chi connectivity index (χ1) is 17.4. The van der Waals surface area contributed by atoms with Gasteiger partial charge in [0.15, 0.2) is 0 Å². The number of methoxy groups -OCH3 is 1. The minimum absolute atomic E-state index is 0.127. The highest BCUT2D eigenvalue weighted by atomic mass is 35.5. The van der Waals surface area contributed by atoms with Crippen LogP contribution in [0.5, 0.6) is 5.75 Å². The first kappa shape index (κ1) is 26.4. The largest absolute Gasteiger partial charge is 0.497 e. The van der Waals surface area contributed by atoms with Gasteiger partial charge in [-0.1, -0.05) is 23.4 Å². The molecule has 0 amide bonds. The number of likely N-dealkylation sites (tertiary alicyclic amines) is 1. The van der Waals surface area contributed by atoms with Crippen LogP contribution in [0.3, 0.4) is 0 Å². The fourth-order valence-corrected chi connectivity index (χ4v) is 5.92. The number of hydrogen-bond donors (Lipinski definition) is 1. The fourth-order valence-electron chi connectivity index (χ4n) is 5.00. The normalized spacial score (nSPS) is 19.0. The number of carboxylic acid groups (broad SMARTS) is 1. The van der Waals surface area contributed by atoms with E-state index < -0.39 is 12.1 Å². The van der Waals surface area contributed by atoms with Crippen molar-refractivity contribution in [1.82, 2.24) is 9.88 Å². The number of benzene rings is 1. The highest BCUT2D eigenvalue weighted by Gasteiger charge is 2.30. The maximum absolute atomic E-state index is 15.5. The molecule has 36 heavy (non-hydrogen) atoms. The Bertz CT molecular complexity index is 1250. The molecule has 0 saturated carbocycles. The van der Waals surface area contributed by atoms with Crippen molar-refractivity contribution in [3.63, 3.8) is 0 Å². The van der Waals surface area contributed by atoms with Crippen LogP contribution in [0.1, 0.15) is 48.7 Å². The molecule has 3 atom stereocenters. The van der Waals surface area contributed by atoms with Gasteiger partial charge >= 0.3 is 5.97 Å². The molecule has 1 fully saturated rings. The number of aliphatic carboxylic acids is 1. The Morgan fingerprint density at radius 1 is 1.31 bits per heavy atom. The van der Waals surface area contributed by atoms with E-state index in [9.17, 15) is 9.90 Å². The van der Waals surface area contributed by atoms with Gasteiger partial charge in [0, 0.05) is 24.5 Å². The second-order valence-corrected chi connectivity index (χ2v) is 10.9. The molecular formula is C28H30ClFN2O3S. The first-order valence-electron chi connectivity index (χ1n) is 12.2. The van der Waals surface area contributed by atoms with Gasteiger partial charge in [-0.3, -0.25) is 14.7 Å². The SMILES string of the molecule is COc1ccc2nccc(C(F)CC[C@@H]3CCN(CC#Cc4ccc(Cl)s4)C[C@@H]3CCC(=O)O)c2c1. The highest BCUT2D eigenvalue weighted by Crippen LogP contribution is 2.36. The minimum Gasteiger partial charge on any atom is -0.497 e. The number of piperidine rings is 1. The second-order valence-electron chi connectivity index (χ2n) is 9.21. The summed E-state index contributed by atoms with van der Waals surface area (Å²) < 4.78 is 21.5. The number of carbonyl (C=O) groups is 1. The summed E-state index contributed by atoms with van der Waals surface area (Å²) in [7, 11) is 1.59. The van der Waals surface area contributed by atoms with E-state index in [1.807, 2.05) is 30.3 Å². The van der Waals surface area contributed by atoms with Crippen LogP contribution in [0.2, 0.25) is 4.34 Å². The van der Waals surface area contributed by atoms with Crippen molar-refractivity contribution in [1.29, 1.82) is 0 Å². The van der Waals surface area contributed by atoms with Crippen molar-refractivity contribution in [2.45, 2.75) is 38.3 Å². The zero-order chi connectivity index (χ0) is 25.5. The monoisotopic (exact) mass is 528 g/mol. The predicted octanol–water partition coefficient (Wildman–Crippen LogP) is 6.60. The topological polar surface area (TPSA) is 62.7 Å². The molecule has 1 aliphatic rings. The van der Waals surface area contributed by atoms with E-state index in [-0.39, 0.29) is 18.3 Å². The molecule has 3 heterocycles. The Labute approximate surface area is 220 Å². The number of thiophene rings is 1. The van der Waals surface area contributed by atoms with Gasteiger partial charge in [0.2, 0.25) is 0 Å². The summed E-state index contributed by atoms with van der Waals surface area (Å²) in [6.07, 6.45) is 3.27. The smallest absolute Gasteiger partial charge is 0.303 e. The van der Waals surface area contributed by atoms with Crippen LogP contribution < -0.4 is 4.74 Å². The molecule has 0 radical (unpaired) electrons. The lowest BCUT2D eigenvalue weighted by atomic mass is 9.79. The standard InChI is InChI=1S/C28H30ClFN2O3S/c1-35-21-6-9-26-24(17-21)23(12-14-31-26)25(30)8-4-19-13-16-32(18-20(19)5-11-28(33)34)15-2-3-22-7-10-27(29)36-22/h6-7,9-10,12,14,17,19-20,25H,4-5,8,11,13,15-16,18H2,1H3,(H,33,34)/t19-,20+,25?/m1/s1. The lowest BCUT2D eigenvalue weighted by Crippen LogP contribution is -2.41. The Morgan fingerprint density at radius 2 is 2.17 bits per heavy atom. The Hall–Kier alpha value is -2.66. The Kier molecular flexibility index (Phi) is 9.19. The number of carboxylic acids is 1. The number of fused-ring (bicyclic) bond motifs is 1. The molecule has 0 bridgehead atoms. The summed E-state index contributed by atoms with van der Waals surface area (Å²) >= 11 is 7.43. The summed E-state index contributed by atoms with van der Waals surface area (Å²) in [6, 6.07) is 11.0. The van der Waals surface area contributed by atoms with E-state index in [4.69, 9.17) is 16.3 Å². The third kappa shape index (κ3) is 6.97. The maximum Gasteiger partial charge on any atom is 0.303 e. The second kappa shape index (κ2) is 12.5. The third-order valence-corrected chi connectivity index (χ3v) is 8.05. The molecule has 1 saturated heterocycles. The van der Waals surface area contributed by atoms with Crippen molar-refractivity contribution in [3.05, 3.63) is 57.4 Å². The average molecular weight is 529 g/mol. The van der Waals surface area contributed by atoms with Crippen molar-refractivity contribution < 1.29 is 19.0 Å². The molecule has 1 unspecified atom stereocenters. The van der Waals surface area contributed by atoms with Crippen LogP contribution in [0.4, 0.5) is 4.39 Å². The molecule has 1 N–H and O–H groups in total. The lowest BCUT2D eigenvalue weighted by molar-refractivity contribution is -0.137. The highest BCUT2D eigenvalue weighted by molar-refractivity contribution is 7.16. The van der Waals surface area contributed by atoms with Gasteiger partial charge in [0.05, 0.1) is 28.4 Å². The van der Waals surface area contributed by atoms with Gasteiger partial charge < -0.3 is 9.84 Å². The summed E-state index contributed by atoms with van der Waals surface area (Å²) in [5.74, 6) is 6.74. The molecule has 0 aliphatic carbocycles. The van der Waals surface area contributed by atoms with Gasteiger partial charge in [0.25, 0.3) is 0 Å².